The van der Waals surface area contributed by atoms with Gasteiger partial charge in [0.05, 0.1) is 11.0 Å². The molecule has 1 heterocycles. The zero-order valence-corrected chi connectivity index (χ0v) is 38.6. The molecule has 0 radical (unpaired) electrons. The van der Waals surface area contributed by atoms with Crippen molar-refractivity contribution >= 4 is 97.2 Å². The SMILES string of the molecule is c1ccc(-c2ccc(-n3c4cc(-c5ccc(-c6cc7ccc8cccc9ccc(c6)c7c89)cc5)cc5ccc6cc(-c7ccc(-c8cc9ccc%10cccc%11ccc(c8)c9c%10%11)cc7)cc3c6c54)cc2)cc1. The monoisotopic (exact) mass is 895 g/mol. The Balaban J connectivity index is 0.816. The Hall–Kier alpha value is -9.30. The van der Waals surface area contributed by atoms with E-state index in [1.54, 1.807) is 0 Å². The fraction of sp³-hybridized carbons (Fsp3) is 0. The molecule has 0 aliphatic rings. The first-order valence-corrected chi connectivity index (χ1v) is 24.7. The number of benzene rings is 15. The molecule has 0 saturated heterocycles. The second-order valence-electron chi connectivity index (χ2n) is 19.7. The van der Waals surface area contributed by atoms with E-state index in [1.165, 1.54) is 153 Å². The molecule has 16 rings (SSSR count). The van der Waals surface area contributed by atoms with Gasteiger partial charge < -0.3 is 4.57 Å². The highest BCUT2D eigenvalue weighted by atomic mass is 15.0. The van der Waals surface area contributed by atoms with Crippen LogP contribution in [-0.2, 0) is 0 Å². The van der Waals surface area contributed by atoms with Gasteiger partial charge in [-0.3, -0.25) is 0 Å². The summed E-state index contributed by atoms with van der Waals surface area (Å²) in [6, 6.07) is 93.3. The molecule has 1 aromatic heterocycles. The molecule has 0 amide bonds. The van der Waals surface area contributed by atoms with E-state index in [-0.39, 0.29) is 0 Å². The molecule has 0 unspecified atom stereocenters. The molecule has 326 valence electrons. The number of nitrogens with zero attached hydrogens (tertiary/aromatic N) is 1. The molecule has 1 nitrogen and oxygen atoms in total. The van der Waals surface area contributed by atoms with Gasteiger partial charge in [0.15, 0.2) is 0 Å². The minimum atomic E-state index is 1.15. The minimum absolute atomic E-state index is 1.15. The Bertz CT molecular complexity index is 4360. The molecule has 0 spiro atoms. The van der Waals surface area contributed by atoms with Crippen molar-refractivity contribution < 1.29 is 0 Å². The minimum Gasteiger partial charge on any atom is -0.309 e. The van der Waals surface area contributed by atoms with Gasteiger partial charge >= 0.3 is 0 Å². The fourth-order valence-electron chi connectivity index (χ4n) is 12.4. The first-order chi connectivity index (χ1) is 35.1. The van der Waals surface area contributed by atoms with E-state index < -0.39 is 0 Å². The van der Waals surface area contributed by atoms with Gasteiger partial charge in [0.25, 0.3) is 0 Å². The summed E-state index contributed by atoms with van der Waals surface area (Å²) in [5, 5.41) is 20.8. The van der Waals surface area contributed by atoms with Crippen molar-refractivity contribution in [2.45, 2.75) is 0 Å². The molecule has 16 aromatic rings. The van der Waals surface area contributed by atoms with Crippen LogP contribution in [0.5, 0.6) is 0 Å². The second-order valence-corrected chi connectivity index (χ2v) is 19.7. The van der Waals surface area contributed by atoms with Crippen LogP contribution < -0.4 is 0 Å². The Labute approximate surface area is 409 Å². The van der Waals surface area contributed by atoms with Crippen LogP contribution >= 0.6 is 0 Å². The van der Waals surface area contributed by atoms with E-state index in [4.69, 9.17) is 0 Å². The lowest BCUT2D eigenvalue weighted by molar-refractivity contribution is 1.18. The maximum Gasteiger partial charge on any atom is 0.0553 e. The molecule has 0 aliphatic heterocycles. The van der Waals surface area contributed by atoms with Crippen LogP contribution in [0.4, 0.5) is 0 Å². The standard InChI is InChI=1S/C70H41N/c1-2-6-42(7-3-1)43-30-32-62(33-31-43)71-63-40-60(46-16-12-44(13-17-46)58-34-52-24-20-48-8-4-9-49-21-25-53(35-58)67(52)65(48)49)38-56-28-29-57-39-61(41-64(71)70(57)69(56)63)47-18-14-45(15-19-47)59-36-54-26-22-50-10-5-11-51-23-27-55(37-59)68(54)66(50)51/h1-41H. The lowest BCUT2D eigenvalue weighted by atomic mass is 9.90. The lowest BCUT2D eigenvalue weighted by Crippen LogP contribution is -1.94. The van der Waals surface area contributed by atoms with Crippen LogP contribution in [0.3, 0.4) is 0 Å². The molecule has 1 heteroatoms. The molecule has 0 N–H and O–H groups in total. The van der Waals surface area contributed by atoms with Gasteiger partial charge in [0.1, 0.15) is 0 Å². The zero-order valence-electron chi connectivity index (χ0n) is 38.6. The van der Waals surface area contributed by atoms with Crippen LogP contribution in [0.25, 0.3) is 159 Å². The smallest absolute Gasteiger partial charge is 0.0553 e. The van der Waals surface area contributed by atoms with E-state index in [9.17, 15) is 0 Å². The Morgan fingerprint density at radius 2 is 0.437 bits per heavy atom. The molecule has 15 aromatic carbocycles. The molecule has 0 fully saturated rings. The summed E-state index contributed by atoms with van der Waals surface area (Å²) in [6.45, 7) is 0. The predicted octanol–water partition coefficient (Wildman–Crippen LogP) is 19.5. The molecule has 0 saturated carbocycles. The fourth-order valence-corrected chi connectivity index (χ4v) is 12.4. The van der Waals surface area contributed by atoms with Crippen LogP contribution in [0.2, 0.25) is 0 Å². The zero-order chi connectivity index (χ0) is 46.3. The Kier molecular flexibility index (Phi) is 7.95. The molecule has 71 heavy (non-hydrogen) atoms. The summed E-state index contributed by atoms with van der Waals surface area (Å²) in [7, 11) is 0. The first kappa shape index (κ1) is 38.6. The highest BCUT2D eigenvalue weighted by Gasteiger charge is 2.21. The van der Waals surface area contributed by atoms with Crippen LogP contribution in [-0.4, -0.2) is 4.57 Å². The van der Waals surface area contributed by atoms with E-state index in [2.05, 4.69) is 253 Å². The summed E-state index contributed by atoms with van der Waals surface area (Å²) >= 11 is 0. The van der Waals surface area contributed by atoms with E-state index >= 15 is 0 Å². The van der Waals surface area contributed by atoms with E-state index in [0.29, 0.717) is 0 Å². The van der Waals surface area contributed by atoms with Crippen LogP contribution in [0.15, 0.2) is 249 Å². The number of aromatic nitrogens is 1. The molecular weight excluding hydrogens is 855 g/mol. The van der Waals surface area contributed by atoms with Gasteiger partial charge in [-0.2, -0.15) is 0 Å². The lowest BCUT2D eigenvalue weighted by Gasteiger charge is -2.13. The van der Waals surface area contributed by atoms with Crippen molar-refractivity contribution in [2.24, 2.45) is 0 Å². The maximum atomic E-state index is 2.50. The quantitative estimate of drug-likeness (QED) is 0.147. The average Bonchev–Trinajstić information content (AvgIpc) is 3.78. The summed E-state index contributed by atoms with van der Waals surface area (Å²) in [4.78, 5) is 0. The topological polar surface area (TPSA) is 4.93 Å². The summed E-state index contributed by atoms with van der Waals surface area (Å²) in [6.07, 6.45) is 0. The van der Waals surface area contributed by atoms with E-state index in [1.807, 2.05) is 0 Å². The molecule has 0 atom stereocenters. The number of hydrogen-bond donors (Lipinski definition) is 0. The average molecular weight is 896 g/mol. The predicted molar refractivity (Wildman–Crippen MR) is 304 cm³/mol. The van der Waals surface area contributed by atoms with Crippen molar-refractivity contribution in [3.63, 3.8) is 0 Å². The highest BCUT2D eigenvalue weighted by molar-refractivity contribution is 6.27. The number of hydrogen-bond acceptors (Lipinski definition) is 0. The van der Waals surface area contributed by atoms with Gasteiger partial charge in [-0.05, 0) is 192 Å². The highest BCUT2D eigenvalue weighted by Crippen LogP contribution is 2.45. The third-order valence-electron chi connectivity index (χ3n) is 15.7. The maximum absolute atomic E-state index is 2.50. The van der Waals surface area contributed by atoms with Crippen molar-refractivity contribution in [1.29, 1.82) is 0 Å². The summed E-state index contributed by atoms with van der Waals surface area (Å²) < 4.78 is 2.50. The first-order valence-electron chi connectivity index (χ1n) is 24.7. The van der Waals surface area contributed by atoms with Crippen LogP contribution in [0, 0.1) is 0 Å². The van der Waals surface area contributed by atoms with Crippen molar-refractivity contribution in [3.05, 3.63) is 249 Å². The summed E-state index contributed by atoms with van der Waals surface area (Å²) in [5.41, 5.74) is 15.7. The van der Waals surface area contributed by atoms with Crippen molar-refractivity contribution in [1.82, 2.24) is 4.57 Å². The number of rotatable bonds is 6. The molecule has 0 bridgehead atoms. The molecule has 0 aliphatic carbocycles. The Morgan fingerprint density at radius 3 is 0.803 bits per heavy atom. The van der Waals surface area contributed by atoms with Crippen molar-refractivity contribution in [2.75, 3.05) is 0 Å². The van der Waals surface area contributed by atoms with Gasteiger partial charge in [0, 0.05) is 16.5 Å². The largest absolute Gasteiger partial charge is 0.309 e. The van der Waals surface area contributed by atoms with Gasteiger partial charge in [-0.15, -0.1) is 0 Å². The molecular formula is C70H41N. The summed E-state index contributed by atoms with van der Waals surface area (Å²) in [5.74, 6) is 0. The van der Waals surface area contributed by atoms with Gasteiger partial charge in [-0.1, -0.05) is 188 Å². The third kappa shape index (κ3) is 5.81. The Morgan fingerprint density at radius 1 is 0.169 bits per heavy atom. The van der Waals surface area contributed by atoms with E-state index in [0.717, 1.165) is 5.69 Å². The van der Waals surface area contributed by atoms with Gasteiger partial charge in [-0.25, -0.2) is 0 Å². The van der Waals surface area contributed by atoms with Crippen LogP contribution in [0.1, 0.15) is 0 Å². The van der Waals surface area contributed by atoms with Gasteiger partial charge in [0.2, 0.25) is 0 Å². The second kappa shape index (κ2) is 14.6. The normalized spacial score (nSPS) is 12.2. The third-order valence-corrected chi connectivity index (χ3v) is 15.7. The van der Waals surface area contributed by atoms with Crippen molar-refractivity contribution in [3.8, 4) is 61.3 Å².